The van der Waals surface area contributed by atoms with Crippen molar-refractivity contribution in [1.29, 1.82) is 0 Å². The summed E-state index contributed by atoms with van der Waals surface area (Å²) in [5.41, 5.74) is 1.48. The number of hydrogen-bond donors (Lipinski definition) is 1. The van der Waals surface area contributed by atoms with Crippen molar-refractivity contribution in [2.45, 2.75) is 53.2 Å². The fraction of sp³-hybridized carbons (Fsp3) is 0.733. The number of aryl methyl sites for hydroxylation is 1. The minimum Gasteiger partial charge on any atom is -0.379 e. The molecule has 1 N–H and O–H groups in total. The Morgan fingerprint density at radius 3 is 2.44 bits per heavy atom. The highest BCUT2D eigenvalue weighted by atomic mass is 32.1. The van der Waals surface area contributed by atoms with Crippen molar-refractivity contribution < 1.29 is 4.74 Å². The topological polar surface area (TPSA) is 21.3 Å². The molecule has 0 spiro atoms. The van der Waals surface area contributed by atoms with Crippen molar-refractivity contribution in [1.82, 2.24) is 5.32 Å². The second-order valence-corrected chi connectivity index (χ2v) is 7.06. The number of methoxy groups -OCH3 is 1. The van der Waals surface area contributed by atoms with Crippen LogP contribution in [-0.2, 0) is 4.74 Å². The van der Waals surface area contributed by atoms with E-state index in [0.717, 1.165) is 13.0 Å². The van der Waals surface area contributed by atoms with Crippen molar-refractivity contribution in [3.8, 4) is 0 Å². The van der Waals surface area contributed by atoms with Gasteiger partial charge >= 0.3 is 0 Å². The van der Waals surface area contributed by atoms with E-state index in [1.807, 2.05) is 18.4 Å². The molecule has 0 bridgehead atoms. The molecule has 0 aromatic carbocycles. The lowest BCUT2D eigenvalue weighted by atomic mass is 9.82. The molecule has 2 nitrogen and oxygen atoms in total. The van der Waals surface area contributed by atoms with Gasteiger partial charge in [-0.15, -0.1) is 11.3 Å². The Labute approximate surface area is 116 Å². The van der Waals surface area contributed by atoms with Crippen LogP contribution < -0.4 is 5.32 Å². The highest BCUT2D eigenvalue weighted by Crippen LogP contribution is 2.34. The summed E-state index contributed by atoms with van der Waals surface area (Å²) in [6.45, 7) is 12.1. The summed E-state index contributed by atoms with van der Waals surface area (Å²) >= 11 is 1.81. The zero-order valence-electron chi connectivity index (χ0n) is 12.5. The van der Waals surface area contributed by atoms with E-state index in [1.165, 1.54) is 10.4 Å². The van der Waals surface area contributed by atoms with E-state index in [9.17, 15) is 0 Å². The van der Waals surface area contributed by atoms with Gasteiger partial charge in [-0.05, 0) is 42.3 Å². The lowest BCUT2D eigenvalue weighted by Gasteiger charge is -2.36. The van der Waals surface area contributed by atoms with E-state index in [0.29, 0.717) is 0 Å². The molecule has 0 aliphatic heterocycles. The summed E-state index contributed by atoms with van der Waals surface area (Å²) in [5, 5.41) is 5.89. The Hall–Kier alpha value is -0.380. The normalized spacial score (nSPS) is 15.7. The van der Waals surface area contributed by atoms with Gasteiger partial charge in [-0.3, -0.25) is 0 Å². The van der Waals surface area contributed by atoms with Gasteiger partial charge in [0.15, 0.2) is 0 Å². The van der Waals surface area contributed by atoms with Crippen LogP contribution in [0.5, 0.6) is 0 Å². The van der Waals surface area contributed by atoms with Crippen molar-refractivity contribution in [2.75, 3.05) is 13.7 Å². The van der Waals surface area contributed by atoms with Gasteiger partial charge in [-0.1, -0.05) is 27.7 Å². The monoisotopic (exact) mass is 269 g/mol. The third kappa shape index (κ3) is 4.08. The maximum atomic E-state index is 5.78. The predicted octanol–water partition coefficient (Wildman–Crippen LogP) is 4.16. The minimum absolute atomic E-state index is 0.121. The standard InChI is InChI=1S/C15H27NOS/c1-7-8-16-13(12-9-11(2)18-10-12)14(17-6)15(3,4)5/h9-10,13-14,16H,7-8H2,1-6H3. The summed E-state index contributed by atoms with van der Waals surface area (Å²) in [5.74, 6) is 0. The second kappa shape index (κ2) is 6.69. The van der Waals surface area contributed by atoms with Gasteiger partial charge in [0.25, 0.3) is 0 Å². The summed E-state index contributed by atoms with van der Waals surface area (Å²) in [7, 11) is 1.82. The van der Waals surface area contributed by atoms with Crippen LogP contribution in [0.2, 0.25) is 0 Å². The molecule has 1 heterocycles. The Balaban J connectivity index is 2.96. The van der Waals surface area contributed by atoms with Crippen LogP contribution in [-0.4, -0.2) is 19.8 Å². The quantitative estimate of drug-likeness (QED) is 0.837. The number of hydrogen-bond acceptors (Lipinski definition) is 3. The fourth-order valence-electron chi connectivity index (χ4n) is 2.32. The van der Waals surface area contributed by atoms with Crippen molar-refractivity contribution in [3.05, 3.63) is 21.9 Å². The SMILES string of the molecule is CCCNC(c1csc(C)c1)C(OC)C(C)(C)C. The molecule has 0 fully saturated rings. The lowest BCUT2D eigenvalue weighted by Crippen LogP contribution is -2.41. The van der Waals surface area contributed by atoms with Crippen molar-refractivity contribution in [3.63, 3.8) is 0 Å². The third-order valence-corrected chi connectivity index (χ3v) is 4.01. The predicted molar refractivity (Wildman–Crippen MR) is 80.3 cm³/mol. The van der Waals surface area contributed by atoms with Crippen LogP contribution in [0.3, 0.4) is 0 Å². The van der Waals surface area contributed by atoms with Crippen molar-refractivity contribution in [2.24, 2.45) is 5.41 Å². The Morgan fingerprint density at radius 2 is 2.06 bits per heavy atom. The van der Waals surface area contributed by atoms with Crippen LogP contribution in [0.25, 0.3) is 0 Å². The van der Waals surface area contributed by atoms with Crippen LogP contribution in [0.4, 0.5) is 0 Å². The molecule has 104 valence electrons. The fourth-order valence-corrected chi connectivity index (χ4v) is 3.06. The highest BCUT2D eigenvalue weighted by molar-refractivity contribution is 7.10. The Kier molecular flexibility index (Phi) is 5.83. The van der Waals surface area contributed by atoms with Crippen LogP contribution >= 0.6 is 11.3 Å². The van der Waals surface area contributed by atoms with E-state index in [2.05, 4.69) is 51.4 Å². The van der Waals surface area contributed by atoms with Crippen molar-refractivity contribution >= 4 is 11.3 Å². The number of rotatable bonds is 6. The molecule has 1 rings (SSSR count). The molecule has 3 heteroatoms. The van der Waals surface area contributed by atoms with E-state index in [-0.39, 0.29) is 17.6 Å². The van der Waals surface area contributed by atoms with E-state index < -0.39 is 0 Å². The third-order valence-electron chi connectivity index (χ3n) is 3.13. The average molecular weight is 269 g/mol. The first kappa shape index (κ1) is 15.7. The summed E-state index contributed by atoms with van der Waals surface area (Å²) in [6, 6.07) is 2.55. The molecule has 1 aromatic heterocycles. The summed E-state index contributed by atoms with van der Waals surface area (Å²) in [6.07, 6.45) is 1.32. The average Bonchev–Trinajstić information content (AvgIpc) is 2.69. The first-order valence-electron chi connectivity index (χ1n) is 6.71. The number of nitrogens with one attached hydrogen (secondary N) is 1. The molecule has 2 atom stereocenters. The van der Waals surface area contributed by atoms with Gasteiger partial charge in [-0.25, -0.2) is 0 Å². The summed E-state index contributed by atoms with van der Waals surface area (Å²) in [4.78, 5) is 1.36. The molecule has 1 aromatic rings. The van der Waals surface area contributed by atoms with Gasteiger partial charge in [0, 0.05) is 12.0 Å². The van der Waals surface area contributed by atoms with E-state index >= 15 is 0 Å². The zero-order chi connectivity index (χ0) is 13.8. The molecular weight excluding hydrogens is 242 g/mol. The second-order valence-electron chi connectivity index (χ2n) is 5.94. The van der Waals surface area contributed by atoms with Crippen LogP contribution in [0.1, 0.15) is 50.6 Å². The first-order chi connectivity index (χ1) is 8.40. The number of ether oxygens (including phenoxy) is 1. The molecular formula is C15H27NOS. The van der Waals surface area contributed by atoms with Gasteiger partial charge in [0.1, 0.15) is 0 Å². The molecule has 0 aliphatic rings. The van der Waals surface area contributed by atoms with Crippen LogP contribution in [0.15, 0.2) is 11.4 Å². The highest BCUT2D eigenvalue weighted by Gasteiger charge is 2.33. The van der Waals surface area contributed by atoms with Gasteiger partial charge < -0.3 is 10.1 Å². The van der Waals surface area contributed by atoms with Crippen LogP contribution in [0, 0.1) is 12.3 Å². The van der Waals surface area contributed by atoms with Gasteiger partial charge in [-0.2, -0.15) is 0 Å². The zero-order valence-corrected chi connectivity index (χ0v) is 13.4. The molecule has 0 radical (unpaired) electrons. The van der Waals surface area contributed by atoms with Gasteiger partial charge in [0.05, 0.1) is 12.1 Å². The van der Waals surface area contributed by atoms with E-state index in [4.69, 9.17) is 4.74 Å². The van der Waals surface area contributed by atoms with Gasteiger partial charge in [0.2, 0.25) is 0 Å². The lowest BCUT2D eigenvalue weighted by molar-refractivity contribution is -0.0118. The molecule has 2 unspecified atom stereocenters. The smallest absolute Gasteiger partial charge is 0.0814 e. The summed E-state index contributed by atoms with van der Waals surface area (Å²) < 4.78 is 5.78. The Bertz CT molecular complexity index is 354. The maximum absolute atomic E-state index is 5.78. The molecule has 0 saturated carbocycles. The molecule has 0 aliphatic carbocycles. The number of thiophene rings is 1. The largest absolute Gasteiger partial charge is 0.379 e. The molecule has 0 amide bonds. The molecule has 18 heavy (non-hydrogen) atoms. The maximum Gasteiger partial charge on any atom is 0.0814 e. The molecule has 0 saturated heterocycles. The Morgan fingerprint density at radius 1 is 1.39 bits per heavy atom. The first-order valence-corrected chi connectivity index (χ1v) is 7.59. The van der Waals surface area contributed by atoms with E-state index in [1.54, 1.807) is 0 Å². The minimum atomic E-state index is 0.121.